The maximum absolute atomic E-state index is 6.09. The number of unbranched alkanes of at least 4 members (excludes halogenated alkanes) is 9. The van der Waals surface area contributed by atoms with Crippen molar-refractivity contribution >= 4 is 5.69 Å². The molecule has 81 heavy (non-hydrogen) atoms. The van der Waals surface area contributed by atoms with Gasteiger partial charge in [-0.3, -0.25) is 4.90 Å². The first-order valence-corrected chi connectivity index (χ1v) is 31.0. The van der Waals surface area contributed by atoms with E-state index < -0.39 is 0 Å². The molecule has 0 saturated carbocycles. The number of anilines is 1. The van der Waals surface area contributed by atoms with E-state index in [4.69, 9.17) is 14.2 Å². The van der Waals surface area contributed by atoms with E-state index in [1.54, 1.807) is 0 Å². The summed E-state index contributed by atoms with van der Waals surface area (Å²) in [6.07, 6.45) is 18.0. The molecule has 454 valence electrons. The fraction of sp³-hybridized carbons (Fsp3) is 0.583. The first kappa shape index (κ1) is 73.2. The molecule has 1 atom stereocenters. The number of para-hydroxylation sites is 1. The Morgan fingerprint density at radius 1 is 0.519 bits per heavy atom. The summed E-state index contributed by atoms with van der Waals surface area (Å²) < 4.78 is 19.8. The van der Waals surface area contributed by atoms with Crippen molar-refractivity contribution in [3.05, 3.63) is 168 Å². The molecule has 1 unspecified atom stereocenters. The number of likely N-dealkylation sites (tertiary alicyclic amines) is 1. The summed E-state index contributed by atoms with van der Waals surface area (Å²) in [6, 6.07) is 52.1. The number of hydrogen-bond acceptors (Lipinski definition) is 5. The topological polar surface area (TPSA) is 34.2 Å². The van der Waals surface area contributed by atoms with Gasteiger partial charge in [-0.25, -0.2) is 0 Å². The van der Waals surface area contributed by atoms with Crippen molar-refractivity contribution in [1.82, 2.24) is 4.90 Å². The molecule has 0 radical (unpaired) electrons. The van der Waals surface area contributed by atoms with E-state index in [0.29, 0.717) is 30.6 Å². The number of nitrogens with zero attached hydrogens (tertiary/aromatic N) is 4. The Kier molecular flexibility index (Phi) is 36.5. The molecule has 6 rings (SSSR count). The lowest BCUT2D eigenvalue weighted by Crippen LogP contribution is -3.00. The second-order valence-corrected chi connectivity index (χ2v) is 26.4. The summed E-state index contributed by atoms with van der Waals surface area (Å²) in [7, 11) is 9.21. The van der Waals surface area contributed by atoms with Crippen molar-refractivity contribution in [2.24, 2.45) is 11.3 Å². The van der Waals surface area contributed by atoms with Crippen LogP contribution >= 0.6 is 0 Å². The van der Waals surface area contributed by atoms with Crippen molar-refractivity contribution < 1.29 is 48.0 Å². The Balaban J connectivity index is 0.000000415. The lowest BCUT2D eigenvalue weighted by atomic mass is 9.72. The molecule has 5 aromatic rings. The third-order valence-corrected chi connectivity index (χ3v) is 15.2. The number of benzene rings is 5. The van der Waals surface area contributed by atoms with E-state index in [1.165, 1.54) is 125 Å². The van der Waals surface area contributed by atoms with Gasteiger partial charge >= 0.3 is 0 Å². The van der Waals surface area contributed by atoms with Crippen LogP contribution in [0.4, 0.5) is 5.69 Å². The highest BCUT2D eigenvalue weighted by atomic mass is 35.5. The number of likely N-dealkylation sites (N-methyl/N-ethyl adjacent to an activating group) is 1. The average Bonchev–Trinajstić information content (AvgIpc) is 3.97. The molecule has 7 nitrogen and oxygen atoms in total. The second kappa shape index (κ2) is 40.4. The first-order valence-electron chi connectivity index (χ1n) is 31.0. The van der Waals surface area contributed by atoms with Gasteiger partial charge < -0.3 is 52.9 Å². The van der Waals surface area contributed by atoms with Crippen LogP contribution in [-0.4, -0.2) is 114 Å². The lowest BCUT2D eigenvalue weighted by molar-refractivity contribution is -0.904. The minimum Gasteiger partial charge on any atom is -1.00 e. The maximum Gasteiger partial charge on any atom is 0.119 e. The molecular weight excluding hydrogens is 1040 g/mol. The van der Waals surface area contributed by atoms with Gasteiger partial charge in [0.1, 0.15) is 32.0 Å². The van der Waals surface area contributed by atoms with Crippen LogP contribution < -0.4 is 34.5 Å². The fourth-order valence-corrected chi connectivity index (χ4v) is 11.2. The SMILES string of the molecule is CC(C)(C)CC(C)(C)c1ccc(OCCOCC[N+](C)(C)Cc2ccccc2)cc1.CC(C)COCC(CN(Cc1ccccc1)c1ccccc1)N1CCCC1.CCCCCCCCCCCC[N+](C)(C)Cc1ccccc1.[Cl-].[Cl-]. The summed E-state index contributed by atoms with van der Waals surface area (Å²) in [4.78, 5) is 5.14. The van der Waals surface area contributed by atoms with Crippen molar-refractivity contribution in [1.29, 1.82) is 0 Å². The number of rotatable bonds is 34. The monoisotopic (exact) mass is 1150 g/mol. The lowest BCUT2D eigenvalue weighted by Gasteiger charge is -2.34. The molecule has 1 saturated heterocycles. The van der Waals surface area contributed by atoms with E-state index in [0.717, 1.165) is 73.7 Å². The zero-order valence-corrected chi connectivity index (χ0v) is 54.7. The molecule has 9 heteroatoms. The Morgan fingerprint density at radius 3 is 1.48 bits per heavy atom. The molecule has 0 aromatic heterocycles. The maximum atomic E-state index is 6.09. The average molecular weight is 1150 g/mol. The highest BCUT2D eigenvalue weighted by Gasteiger charge is 2.28. The van der Waals surface area contributed by atoms with E-state index >= 15 is 0 Å². The van der Waals surface area contributed by atoms with Gasteiger partial charge in [0.05, 0.1) is 60.6 Å². The number of halogens is 2. The highest BCUT2D eigenvalue weighted by molar-refractivity contribution is 5.47. The van der Waals surface area contributed by atoms with Gasteiger partial charge in [0.25, 0.3) is 0 Å². The predicted molar refractivity (Wildman–Crippen MR) is 340 cm³/mol. The Hall–Kier alpha value is -3.92. The number of hydrogen-bond donors (Lipinski definition) is 0. The standard InChI is InChI=1S/C27H42NO2.C24H34N2O.C21H38N.2ClH/c1-26(2,3)22-27(4,5)24-13-15-25(16-14-24)30-20-19-29-18-17-28(6,7)21-23-11-9-8-10-12-23;1-21(2)19-27-20-24(25-15-9-10-16-25)18-26(23-13-7-4-8-14-23)17-22-11-5-3-6-12-22;1-4-5-6-7-8-9-10-11-12-16-19-22(2,3)20-21-17-14-13-15-18-21;;/h8-16H,17-22H2,1-7H3;3-8,11-14,21,24H,9-10,15-20H2,1-2H3;13-15,17-18H,4-12,16,19-20H2,1-3H3;2*1H/q+1;;+1;;/p-2. The van der Waals surface area contributed by atoms with Gasteiger partial charge in [-0.1, -0.05) is 228 Å². The second-order valence-electron chi connectivity index (χ2n) is 26.4. The van der Waals surface area contributed by atoms with E-state index in [2.05, 4.69) is 239 Å². The van der Waals surface area contributed by atoms with Crippen LogP contribution in [-0.2, 0) is 34.5 Å². The van der Waals surface area contributed by atoms with Gasteiger partial charge in [-0.15, -0.1) is 0 Å². The van der Waals surface area contributed by atoms with Gasteiger partial charge in [-0.2, -0.15) is 0 Å². The quantitative estimate of drug-likeness (QED) is 0.0303. The number of ether oxygens (including phenoxy) is 3. The van der Waals surface area contributed by atoms with Crippen LogP contribution in [0.25, 0.3) is 0 Å². The first-order chi connectivity index (χ1) is 37.8. The predicted octanol–water partition coefficient (Wildman–Crippen LogP) is 11.1. The van der Waals surface area contributed by atoms with Crippen LogP contribution in [0, 0.1) is 11.3 Å². The zero-order valence-electron chi connectivity index (χ0n) is 53.2. The molecule has 1 fully saturated rings. The Labute approximate surface area is 509 Å². The van der Waals surface area contributed by atoms with Crippen LogP contribution in [0.15, 0.2) is 146 Å². The molecule has 0 aliphatic carbocycles. The van der Waals surface area contributed by atoms with E-state index in [-0.39, 0.29) is 30.2 Å². The van der Waals surface area contributed by atoms with Crippen molar-refractivity contribution in [2.45, 2.75) is 170 Å². The van der Waals surface area contributed by atoms with Crippen molar-refractivity contribution in [2.75, 3.05) is 98.8 Å². The molecule has 1 aliphatic heterocycles. The number of quaternary nitrogens is 2. The third-order valence-electron chi connectivity index (χ3n) is 15.2. The largest absolute Gasteiger partial charge is 1.00 e. The molecule has 1 heterocycles. The van der Waals surface area contributed by atoms with E-state index in [9.17, 15) is 0 Å². The van der Waals surface area contributed by atoms with Crippen LogP contribution in [0.3, 0.4) is 0 Å². The van der Waals surface area contributed by atoms with Crippen LogP contribution in [0.2, 0.25) is 0 Å². The molecule has 0 bridgehead atoms. The summed E-state index contributed by atoms with van der Waals surface area (Å²) in [5.74, 6) is 1.49. The molecule has 0 N–H and O–H groups in total. The Morgan fingerprint density at radius 2 is 0.988 bits per heavy atom. The Bertz CT molecular complexity index is 2250. The van der Waals surface area contributed by atoms with Crippen LogP contribution in [0.5, 0.6) is 5.75 Å². The third kappa shape index (κ3) is 33.2. The van der Waals surface area contributed by atoms with Crippen molar-refractivity contribution in [3.8, 4) is 5.75 Å². The summed E-state index contributed by atoms with van der Waals surface area (Å²) in [6.45, 7) is 30.6. The molecule has 5 aromatic carbocycles. The molecule has 0 spiro atoms. The highest BCUT2D eigenvalue weighted by Crippen LogP contribution is 2.36. The zero-order chi connectivity index (χ0) is 57.3. The summed E-state index contributed by atoms with van der Waals surface area (Å²) in [5.41, 5.74) is 7.28. The summed E-state index contributed by atoms with van der Waals surface area (Å²) in [5, 5.41) is 0. The molecular formula is C72H114Cl2N4O3. The van der Waals surface area contributed by atoms with Gasteiger partial charge in [0.15, 0.2) is 0 Å². The fourth-order valence-electron chi connectivity index (χ4n) is 11.2. The van der Waals surface area contributed by atoms with Crippen LogP contribution in [0.1, 0.15) is 161 Å². The normalized spacial score (nSPS) is 13.2. The minimum absolute atomic E-state index is 0. The summed E-state index contributed by atoms with van der Waals surface area (Å²) >= 11 is 0. The van der Waals surface area contributed by atoms with Gasteiger partial charge in [-0.05, 0) is 97.3 Å². The minimum atomic E-state index is 0. The molecule has 0 amide bonds. The van der Waals surface area contributed by atoms with E-state index in [1.807, 2.05) is 0 Å². The van der Waals surface area contributed by atoms with Gasteiger partial charge in [0, 0.05) is 36.5 Å². The van der Waals surface area contributed by atoms with Crippen molar-refractivity contribution in [3.63, 3.8) is 0 Å². The molecule has 1 aliphatic rings. The smallest absolute Gasteiger partial charge is 0.119 e. The van der Waals surface area contributed by atoms with Gasteiger partial charge in [0.2, 0.25) is 0 Å².